The lowest BCUT2D eigenvalue weighted by molar-refractivity contribution is 0.0690. The fourth-order valence-corrected chi connectivity index (χ4v) is 1.79. The van der Waals surface area contributed by atoms with Crippen molar-refractivity contribution in [3.05, 3.63) is 46.6 Å². The third kappa shape index (κ3) is 3.00. The van der Waals surface area contributed by atoms with Gasteiger partial charge in [0.05, 0.1) is 12.1 Å². The molecule has 1 N–H and O–H groups in total. The highest BCUT2D eigenvalue weighted by atomic mass is 35.5. The van der Waals surface area contributed by atoms with Gasteiger partial charge >= 0.3 is 5.97 Å². The minimum Gasteiger partial charge on any atom is -0.493 e. The summed E-state index contributed by atoms with van der Waals surface area (Å²) in [6.07, 6.45) is 0. The van der Waals surface area contributed by atoms with Crippen molar-refractivity contribution in [3.63, 3.8) is 0 Å². The number of hydrogen-bond donors (Lipinski definition) is 1. The first-order valence-corrected chi connectivity index (χ1v) is 6.11. The fraction of sp³-hybridized carbons (Fsp3) is 0.143. The van der Waals surface area contributed by atoms with Crippen molar-refractivity contribution < 1.29 is 19.4 Å². The van der Waals surface area contributed by atoms with Crippen LogP contribution in [0.1, 0.15) is 16.1 Å². The summed E-state index contributed by atoms with van der Waals surface area (Å²) < 4.78 is 10.7. The van der Waals surface area contributed by atoms with Crippen molar-refractivity contribution in [2.24, 2.45) is 0 Å². The Bertz CT molecular complexity index is 658. The zero-order valence-electron chi connectivity index (χ0n) is 10.9. The second-order valence-electron chi connectivity index (χ2n) is 4.04. The molecule has 20 heavy (non-hydrogen) atoms. The van der Waals surface area contributed by atoms with E-state index in [0.29, 0.717) is 11.5 Å². The average Bonchev–Trinajstić information content (AvgIpc) is 2.42. The maximum Gasteiger partial charge on any atom is 0.356 e. The van der Waals surface area contributed by atoms with E-state index in [1.54, 1.807) is 6.07 Å². The molecule has 0 bridgehead atoms. The molecule has 0 amide bonds. The summed E-state index contributed by atoms with van der Waals surface area (Å²) in [7, 11) is 1.53. The lowest BCUT2D eigenvalue weighted by Gasteiger charge is -2.10. The molecule has 1 aromatic heterocycles. The topological polar surface area (TPSA) is 68.7 Å². The summed E-state index contributed by atoms with van der Waals surface area (Å²) in [5.74, 6) is -0.0897. The average molecular weight is 294 g/mol. The molecule has 104 valence electrons. The van der Waals surface area contributed by atoms with Crippen LogP contribution in [0.4, 0.5) is 0 Å². The van der Waals surface area contributed by atoms with Gasteiger partial charge < -0.3 is 14.6 Å². The maximum atomic E-state index is 11.0. The molecule has 0 saturated heterocycles. The van der Waals surface area contributed by atoms with Crippen LogP contribution in [-0.2, 0) is 0 Å². The normalized spacial score (nSPS) is 10.2. The minimum absolute atomic E-state index is 0.0562. The molecule has 1 heterocycles. The maximum absolute atomic E-state index is 11.0. The van der Waals surface area contributed by atoms with Crippen molar-refractivity contribution >= 4 is 17.6 Å². The van der Waals surface area contributed by atoms with E-state index in [0.717, 1.165) is 5.56 Å². The number of pyridine rings is 1. The molecule has 0 atom stereocenters. The first kappa shape index (κ1) is 14.1. The van der Waals surface area contributed by atoms with Crippen LogP contribution in [0.15, 0.2) is 30.3 Å². The predicted octanol–water partition coefficient (Wildman–Crippen LogP) is 3.54. The van der Waals surface area contributed by atoms with Gasteiger partial charge in [-0.15, -0.1) is 0 Å². The van der Waals surface area contributed by atoms with Crippen molar-refractivity contribution in [2.75, 3.05) is 7.11 Å². The second-order valence-corrected chi connectivity index (χ2v) is 4.45. The summed E-state index contributed by atoms with van der Waals surface area (Å²) in [6.45, 7) is 1.93. The highest BCUT2D eigenvalue weighted by Gasteiger charge is 2.13. The molecule has 2 rings (SSSR count). The number of carboxylic acid groups (broad SMARTS) is 1. The molecule has 0 spiro atoms. The summed E-state index contributed by atoms with van der Waals surface area (Å²) in [4.78, 5) is 14.8. The number of aromatic carboxylic acids is 1. The first-order chi connectivity index (χ1) is 9.51. The zero-order valence-corrected chi connectivity index (χ0v) is 11.6. The van der Waals surface area contributed by atoms with Crippen LogP contribution in [0, 0.1) is 6.92 Å². The molecule has 0 aliphatic heterocycles. The Labute approximate surface area is 120 Å². The minimum atomic E-state index is -1.21. The Balaban J connectivity index is 2.35. The number of rotatable bonds is 4. The summed E-state index contributed by atoms with van der Waals surface area (Å²) in [5.41, 5.74) is 0.764. The SMILES string of the molecule is COc1cc(C)ccc1Oc1ccc(Cl)c(C(=O)O)n1. The second kappa shape index (κ2) is 5.79. The van der Waals surface area contributed by atoms with E-state index in [4.69, 9.17) is 26.2 Å². The molecular formula is C14H12ClNO4. The number of halogens is 1. The molecular weight excluding hydrogens is 282 g/mol. The van der Waals surface area contributed by atoms with E-state index in [2.05, 4.69) is 4.98 Å². The van der Waals surface area contributed by atoms with Crippen molar-refractivity contribution in [2.45, 2.75) is 6.92 Å². The Morgan fingerprint density at radius 2 is 2.00 bits per heavy atom. The Kier molecular flexibility index (Phi) is 4.10. The molecule has 0 radical (unpaired) electrons. The van der Waals surface area contributed by atoms with Crippen molar-refractivity contribution in [1.29, 1.82) is 0 Å². The van der Waals surface area contributed by atoms with Gasteiger partial charge in [-0.3, -0.25) is 0 Å². The molecule has 0 unspecified atom stereocenters. The number of ether oxygens (including phenoxy) is 2. The Morgan fingerprint density at radius 1 is 1.25 bits per heavy atom. The van der Waals surface area contributed by atoms with E-state index >= 15 is 0 Å². The smallest absolute Gasteiger partial charge is 0.356 e. The number of hydrogen-bond acceptors (Lipinski definition) is 4. The van der Waals surface area contributed by atoms with Crippen LogP contribution < -0.4 is 9.47 Å². The van der Waals surface area contributed by atoms with Crippen LogP contribution in [0.5, 0.6) is 17.4 Å². The van der Waals surface area contributed by atoms with Crippen LogP contribution in [0.2, 0.25) is 5.02 Å². The van der Waals surface area contributed by atoms with Gasteiger partial charge in [0, 0.05) is 6.07 Å². The van der Waals surface area contributed by atoms with Crippen molar-refractivity contribution in [1.82, 2.24) is 4.98 Å². The van der Waals surface area contributed by atoms with Gasteiger partial charge in [0.15, 0.2) is 17.2 Å². The highest BCUT2D eigenvalue weighted by Crippen LogP contribution is 2.32. The molecule has 0 aliphatic carbocycles. The lowest BCUT2D eigenvalue weighted by Crippen LogP contribution is -2.02. The van der Waals surface area contributed by atoms with E-state index in [1.807, 2.05) is 19.1 Å². The molecule has 5 nitrogen and oxygen atoms in total. The number of aromatic nitrogens is 1. The van der Waals surface area contributed by atoms with Gasteiger partial charge in [-0.2, -0.15) is 0 Å². The number of nitrogens with zero attached hydrogens (tertiary/aromatic N) is 1. The van der Waals surface area contributed by atoms with Crippen LogP contribution in [0.25, 0.3) is 0 Å². The number of benzene rings is 1. The zero-order chi connectivity index (χ0) is 14.7. The first-order valence-electron chi connectivity index (χ1n) is 5.73. The highest BCUT2D eigenvalue weighted by molar-refractivity contribution is 6.33. The molecule has 0 saturated carbocycles. The largest absolute Gasteiger partial charge is 0.493 e. The Hall–Kier alpha value is -2.27. The van der Waals surface area contributed by atoms with E-state index < -0.39 is 5.97 Å². The summed E-state index contributed by atoms with van der Waals surface area (Å²) >= 11 is 5.75. The standard InChI is InChI=1S/C14H12ClNO4/c1-8-3-5-10(11(7-8)19-2)20-12-6-4-9(15)13(16-12)14(17)18/h3-7H,1-2H3,(H,17,18). The number of aryl methyl sites for hydroxylation is 1. The summed E-state index contributed by atoms with van der Waals surface area (Å²) in [5, 5.41) is 9.02. The van der Waals surface area contributed by atoms with Gasteiger partial charge in [-0.25, -0.2) is 9.78 Å². The third-order valence-corrected chi connectivity index (χ3v) is 2.86. The molecule has 2 aromatic rings. The molecule has 0 aliphatic rings. The van der Waals surface area contributed by atoms with E-state index in [1.165, 1.54) is 19.2 Å². The van der Waals surface area contributed by atoms with E-state index in [-0.39, 0.29) is 16.6 Å². The lowest BCUT2D eigenvalue weighted by atomic mass is 10.2. The van der Waals surface area contributed by atoms with Gasteiger partial charge in [0.1, 0.15) is 0 Å². The third-order valence-electron chi connectivity index (χ3n) is 2.56. The van der Waals surface area contributed by atoms with Crippen LogP contribution in [0.3, 0.4) is 0 Å². The summed E-state index contributed by atoms with van der Waals surface area (Å²) in [6, 6.07) is 8.31. The van der Waals surface area contributed by atoms with Gasteiger partial charge in [0.25, 0.3) is 0 Å². The monoisotopic (exact) mass is 293 g/mol. The van der Waals surface area contributed by atoms with E-state index in [9.17, 15) is 4.79 Å². The van der Waals surface area contributed by atoms with Gasteiger partial charge in [-0.05, 0) is 30.7 Å². The number of carbonyl (C=O) groups is 1. The van der Waals surface area contributed by atoms with Crippen LogP contribution >= 0.6 is 11.6 Å². The number of carboxylic acids is 1. The quantitative estimate of drug-likeness (QED) is 0.933. The molecule has 0 fully saturated rings. The Morgan fingerprint density at radius 3 is 2.65 bits per heavy atom. The van der Waals surface area contributed by atoms with Crippen molar-refractivity contribution in [3.8, 4) is 17.4 Å². The van der Waals surface area contributed by atoms with Gasteiger partial charge in [0.2, 0.25) is 5.88 Å². The van der Waals surface area contributed by atoms with Crippen LogP contribution in [-0.4, -0.2) is 23.2 Å². The predicted molar refractivity (Wildman–Crippen MR) is 74.0 cm³/mol. The number of methoxy groups -OCH3 is 1. The molecule has 1 aromatic carbocycles. The fourth-order valence-electron chi connectivity index (χ4n) is 1.60. The van der Waals surface area contributed by atoms with Gasteiger partial charge in [-0.1, -0.05) is 17.7 Å². The molecule has 6 heteroatoms.